The van der Waals surface area contributed by atoms with Crippen LogP contribution in [0.3, 0.4) is 0 Å². The Labute approximate surface area is 140 Å². The summed E-state index contributed by atoms with van der Waals surface area (Å²) in [4.78, 5) is 37.5. The number of nitrogens with zero attached hydrogens (tertiary/aromatic N) is 1. The summed E-state index contributed by atoms with van der Waals surface area (Å²) in [5.74, 6) is -2.61. The Kier molecular flexibility index (Phi) is 5.12. The van der Waals surface area contributed by atoms with Crippen molar-refractivity contribution in [1.82, 2.24) is 4.90 Å². The van der Waals surface area contributed by atoms with Crippen molar-refractivity contribution >= 4 is 27.7 Å². The maximum atomic E-state index is 12.6. The number of sulfone groups is 1. The number of hydrogen-bond acceptors (Lipinski definition) is 7. The van der Waals surface area contributed by atoms with E-state index >= 15 is 0 Å². The summed E-state index contributed by atoms with van der Waals surface area (Å²) in [5.41, 5.74) is -0.0328. The molecule has 0 spiro atoms. The van der Waals surface area contributed by atoms with Crippen LogP contribution in [-0.2, 0) is 33.7 Å². The Morgan fingerprint density at radius 3 is 2.25 bits per heavy atom. The van der Waals surface area contributed by atoms with Gasteiger partial charge < -0.3 is 9.47 Å². The van der Waals surface area contributed by atoms with Gasteiger partial charge in [-0.05, 0) is 32.8 Å². The molecule has 0 aromatic carbocycles. The first-order valence-corrected chi connectivity index (χ1v) is 9.22. The number of esters is 2. The lowest BCUT2D eigenvalue weighted by Gasteiger charge is -2.35. The highest BCUT2D eigenvalue weighted by Crippen LogP contribution is 2.37. The van der Waals surface area contributed by atoms with Crippen LogP contribution in [0.15, 0.2) is 21.9 Å². The molecule has 0 radical (unpaired) electrons. The molecular formula is C15H19NO7S. The van der Waals surface area contributed by atoms with Crippen molar-refractivity contribution in [1.29, 1.82) is 0 Å². The fourth-order valence-electron chi connectivity index (χ4n) is 2.74. The molecule has 2 aliphatic rings. The molecule has 0 fully saturated rings. The minimum atomic E-state index is -3.94. The van der Waals surface area contributed by atoms with Crippen LogP contribution in [-0.4, -0.2) is 50.1 Å². The molecule has 2 aliphatic heterocycles. The van der Waals surface area contributed by atoms with Crippen LogP contribution >= 0.6 is 0 Å². The molecular weight excluding hydrogens is 338 g/mol. The van der Waals surface area contributed by atoms with Crippen LogP contribution in [0.1, 0.15) is 33.6 Å². The number of carbonyl (C=O) groups is 3. The van der Waals surface area contributed by atoms with Gasteiger partial charge in [0.25, 0.3) is 0 Å². The van der Waals surface area contributed by atoms with Gasteiger partial charge in [0.1, 0.15) is 5.70 Å². The second kappa shape index (κ2) is 6.76. The summed E-state index contributed by atoms with van der Waals surface area (Å²) >= 11 is 0. The topological polar surface area (TPSA) is 107 Å². The van der Waals surface area contributed by atoms with Crippen LogP contribution in [0, 0.1) is 0 Å². The van der Waals surface area contributed by atoms with Gasteiger partial charge in [-0.25, -0.2) is 18.0 Å². The first-order valence-electron chi connectivity index (χ1n) is 7.57. The van der Waals surface area contributed by atoms with Crippen LogP contribution in [0.4, 0.5) is 0 Å². The largest absolute Gasteiger partial charge is 0.463 e. The maximum absolute atomic E-state index is 12.6. The minimum absolute atomic E-state index is 0.0438. The zero-order valence-electron chi connectivity index (χ0n) is 13.7. The van der Waals surface area contributed by atoms with E-state index in [-0.39, 0.29) is 42.9 Å². The predicted octanol–water partition coefficient (Wildman–Crippen LogP) is 0.649. The SMILES string of the molecule is CCOC(=O)C1=C2N(C(=O)CC1)C(C(=O)OCC)=C(C)CS2(=O)=O. The molecule has 0 atom stereocenters. The predicted molar refractivity (Wildman–Crippen MR) is 82.9 cm³/mol. The monoisotopic (exact) mass is 357 g/mol. The second-order valence-electron chi connectivity index (χ2n) is 5.34. The van der Waals surface area contributed by atoms with E-state index in [1.165, 1.54) is 6.92 Å². The van der Waals surface area contributed by atoms with Gasteiger partial charge in [-0.1, -0.05) is 0 Å². The Balaban J connectivity index is 2.69. The fraction of sp³-hybridized carbons (Fsp3) is 0.533. The summed E-state index contributed by atoms with van der Waals surface area (Å²) in [7, 11) is -3.94. The summed E-state index contributed by atoms with van der Waals surface area (Å²) < 4.78 is 35.0. The molecule has 0 aromatic rings. The van der Waals surface area contributed by atoms with Crippen LogP contribution < -0.4 is 0 Å². The number of ether oxygens (including phenoxy) is 2. The molecule has 0 aromatic heterocycles. The third kappa shape index (κ3) is 3.08. The van der Waals surface area contributed by atoms with Crippen molar-refractivity contribution in [2.45, 2.75) is 33.6 Å². The summed E-state index contributed by atoms with van der Waals surface area (Å²) in [6, 6.07) is 0. The Morgan fingerprint density at radius 2 is 1.67 bits per heavy atom. The van der Waals surface area contributed by atoms with Gasteiger partial charge in [0.2, 0.25) is 5.91 Å². The van der Waals surface area contributed by atoms with Gasteiger partial charge in [-0.2, -0.15) is 0 Å². The number of carbonyl (C=O) groups excluding carboxylic acids is 3. The lowest BCUT2D eigenvalue weighted by Crippen LogP contribution is -2.45. The van der Waals surface area contributed by atoms with Crippen LogP contribution in [0.25, 0.3) is 0 Å². The molecule has 0 bridgehead atoms. The van der Waals surface area contributed by atoms with Gasteiger partial charge in [-0.15, -0.1) is 0 Å². The van der Waals surface area contributed by atoms with Crippen molar-refractivity contribution in [3.63, 3.8) is 0 Å². The first kappa shape index (κ1) is 18.2. The minimum Gasteiger partial charge on any atom is -0.463 e. The van der Waals surface area contributed by atoms with E-state index in [0.29, 0.717) is 0 Å². The highest BCUT2D eigenvalue weighted by molar-refractivity contribution is 7.95. The molecule has 9 heteroatoms. The van der Waals surface area contributed by atoms with Gasteiger partial charge in [0, 0.05) is 6.42 Å². The number of rotatable bonds is 4. The lowest BCUT2D eigenvalue weighted by molar-refractivity contribution is -0.144. The Bertz CT molecular complexity index is 761. The fourth-order valence-corrected chi connectivity index (χ4v) is 4.61. The van der Waals surface area contributed by atoms with E-state index in [0.717, 1.165) is 4.90 Å². The highest BCUT2D eigenvalue weighted by Gasteiger charge is 2.46. The van der Waals surface area contributed by atoms with Gasteiger partial charge in [0.15, 0.2) is 14.9 Å². The Morgan fingerprint density at radius 1 is 1.08 bits per heavy atom. The van der Waals surface area contributed by atoms with Gasteiger partial charge in [0.05, 0.1) is 24.5 Å². The normalized spacial score (nSPS) is 20.0. The van der Waals surface area contributed by atoms with Gasteiger partial charge in [-0.3, -0.25) is 9.69 Å². The quantitative estimate of drug-likeness (QED) is 0.680. The number of amides is 1. The third-order valence-corrected chi connectivity index (χ3v) is 5.45. The van der Waals surface area contributed by atoms with Crippen molar-refractivity contribution in [3.8, 4) is 0 Å². The third-order valence-electron chi connectivity index (χ3n) is 3.62. The van der Waals surface area contributed by atoms with Crippen LogP contribution in [0.5, 0.6) is 0 Å². The van der Waals surface area contributed by atoms with Crippen molar-refractivity contribution < 1.29 is 32.3 Å². The standard InChI is InChI=1S/C15H19NO7S/c1-4-22-14(18)10-6-7-11(17)16-12(15(19)23-5-2)9(3)8-24(20,21)13(10)16/h4-8H2,1-3H3. The average Bonchev–Trinajstić information content (AvgIpc) is 2.48. The average molecular weight is 357 g/mol. The zero-order valence-corrected chi connectivity index (χ0v) is 14.6. The van der Waals surface area contributed by atoms with Gasteiger partial charge >= 0.3 is 11.9 Å². The Hall–Kier alpha value is -2.16. The molecule has 2 heterocycles. The molecule has 132 valence electrons. The number of fused-ring (bicyclic) bond motifs is 1. The van der Waals surface area contributed by atoms with E-state index in [4.69, 9.17) is 9.47 Å². The smallest absolute Gasteiger partial charge is 0.355 e. The molecule has 0 saturated heterocycles. The van der Waals surface area contributed by atoms with E-state index < -0.39 is 38.5 Å². The van der Waals surface area contributed by atoms with Crippen molar-refractivity contribution in [3.05, 3.63) is 21.9 Å². The second-order valence-corrected chi connectivity index (χ2v) is 7.25. The molecule has 24 heavy (non-hydrogen) atoms. The highest BCUT2D eigenvalue weighted by atomic mass is 32.2. The summed E-state index contributed by atoms with van der Waals surface area (Å²) in [6.45, 7) is 4.80. The summed E-state index contributed by atoms with van der Waals surface area (Å²) in [6.07, 6.45) is -0.138. The summed E-state index contributed by atoms with van der Waals surface area (Å²) in [5, 5.41) is -0.453. The van der Waals surface area contributed by atoms with Crippen LogP contribution in [0.2, 0.25) is 0 Å². The van der Waals surface area contributed by atoms with E-state index in [2.05, 4.69) is 0 Å². The van der Waals surface area contributed by atoms with E-state index in [1.807, 2.05) is 0 Å². The van der Waals surface area contributed by atoms with Crippen molar-refractivity contribution in [2.75, 3.05) is 19.0 Å². The number of hydrogen-bond donors (Lipinski definition) is 0. The molecule has 1 amide bonds. The molecule has 0 unspecified atom stereocenters. The molecule has 2 rings (SSSR count). The van der Waals surface area contributed by atoms with Crippen molar-refractivity contribution in [2.24, 2.45) is 0 Å². The maximum Gasteiger partial charge on any atom is 0.355 e. The molecule has 0 saturated carbocycles. The molecule has 0 N–H and O–H groups in total. The first-order chi connectivity index (χ1) is 11.2. The van der Waals surface area contributed by atoms with E-state index in [9.17, 15) is 22.8 Å². The van der Waals surface area contributed by atoms with E-state index in [1.54, 1.807) is 13.8 Å². The molecule has 0 aliphatic carbocycles. The molecule has 8 nitrogen and oxygen atoms in total. The zero-order chi connectivity index (χ0) is 18.1. The lowest BCUT2D eigenvalue weighted by atomic mass is 10.0.